The minimum Gasteiger partial charge on any atom is -0.388 e. The predicted molar refractivity (Wildman–Crippen MR) is 142 cm³/mol. The van der Waals surface area contributed by atoms with E-state index in [1.165, 1.54) is 70.8 Å². The second-order valence-electron chi connectivity index (χ2n) is 13.0. The molecule has 6 atom stereocenters. The summed E-state index contributed by atoms with van der Waals surface area (Å²) in [6, 6.07) is 0. The third-order valence-corrected chi connectivity index (χ3v) is 10.8. The molecule has 0 bridgehead atoms. The van der Waals surface area contributed by atoms with Crippen LogP contribution in [0.3, 0.4) is 0 Å². The van der Waals surface area contributed by atoms with E-state index in [4.69, 9.17) is 4.74 Å². The van der Waals surface area contributed by atoms with E-state index in [1.54, 1.807) is 5.57 Å². The molecule has 5 aliphatic rings. The number of nitrogens with zero attached hydrogens (tertiary/aromatic N) is 1. The predicted octanol–water partition coefficient (Wildman–Crippen LogP) is 5.80. The largest absolute Gasteiger partial charge is 0.388 e. The maximum atomic E-state index is 10.2. The molecule has 1 saturated heterocycles. The first-order valence-corrected chi connectivity index (χ1v) is 14.6. The Balaban J connectivity index is 1.20. The summed E-state index contributed by atoms with van der Waals surface area (Å²) in [6.07, 6.45) is 17.7. The Morgan fingerprint density at radius 2 is 1.83 bits per heavy atom. The van der Waals surface area contributed by atoms with Crippen LogP contribution in [0.4, 0.5) is 0 Å². The smallest absolute Gasteiger partial charge is 0.0809 e. The molecule has 0 unspecified atom stereocenters. The molecule has 4 nitrogen and oxygen atoms in total. The fourth-order valence-electron chi connectivity index (χ4n) is 8.66. The number of aliphatic hydroxyl groups is 2. The van der Waals surface area contributed by atoms with Gasteiger partial charge in [0.05, 0.1) is 24.4 Å². The quantitative estimate of drug-likeness (QED) is 0.485. The summed E-state index contributed by atoms with van der Waals surface area (Å²) in [6.45, 7) is 13.4. The van der Waals surface area contributed by atoms with E-state index in [-0.39, 0.29) is 5.60 Å². The number of ether oxygens (including phenoxy) is 1. The number of allylic oxidation sites excluding steroid dienone is 3. The molecule has 1 aliphatic heterocycles. The molecule has 5 rings (SSSR count). The maximum Gasteiger partial charge on any atom is 0.0809 e. The molecule has 35 heavy (non-hydrogen) atoms. The highest BCUT2D eigenvalue weighted by Crippen LogP contribution is 2.59. The highest BCUT2D eigenvalue weighted by Gasteiger charge is 2.50. The van der Waals surface area contributed by atoms with E-state index in [0.29, 0.717) is 29.7 Å². The van der Waals surface area contributed by atoms with Gasteiger partial charge in [-0.2, -0.15) is 0 Å². The normalized spacial score (nSPS) is 39.8. The molecule has 0 amide bonds. The van der Waals surface area contributed by atoms with Crippen LogP contribution >= 0.6 is 0 Å². The van der Waals surface area contributed by atoms with E-state index in [2.05, 4.69) is 37.5 Å². The van der Waals surface area contributed by atoms with Crippen LogP contribution in [0, 0.1) is 23.2 Å². The van der Waals surface area contributed by atoms with Crippen molar-refractivity contribution < 1.29 is 14.9 Å². The van der Waals surface area contributed by atoms with Crippen molar-refractivity contribution in [3.8, 4) is 0 Å². The van der Waals surface area contributed by atoms with Crippen molar-refractivity contribution >= 4 is 0 Å². The van der Waals surface area contributed by atoms with Crippen LogP contribution in [0.2, 0.25) is 0 Å². The SMILES string of the molecule is C=C1[C@H](O)CC(=C/C=C2\CCC[C@]3(C)[C@@H]([C@H](C)CCN4CCOC5(CCCC5)C4)CC[C@@H]23)C[C@H]1O. The molecule has 2 N–H and O–H groups in total. The van der Waals surface area contributed by atoms with Crippen LogP contribution in [-0.2, 0) is 4.74 Å². The third-order valence-electron chi connectivity index (χ3n) is 10.8. The monoisotopic (exact) mass is 483 g/mol. The Hall–Kier alpha value is -0.940. The molecule has 0 aromatic rings. The molecule has 1 spiro atoms. The van der Waals surface area contributed by atoms with E-state index < -0.39 is 12.2 Å². The van der Waals surface area contributed by atoms with Crippen molar-refractivity contribution in [1.29, 1.82) is 0 Å². The number of hydrogen-bond donors (Lipinski definition) is 2. The van der Waals surface area contributed by atoms with Crippen LogP contribution < -0.4 is 0 Å². The Morgan fingerprint density at radius 3 is 2.57 bits per heavy atom. The second kappa shape index (κ2) is 10.4. The number of morpholine rings is 1. The van der Waals surface area contributed by atoms with Crippen molar-refractivity contribution in [2.45, 2.75) is 109 Å². The highest BCUT2D eigenvalue weighted by atomic mass is 16.5. The summed E-state index contributed by atoms with van der Waals surface area (Å²) in [4.78, 5) is 2.71. The molecule has 4 aliphatic carbocycles. The van der Waals surface area contributed by atoms with Gasteiger partial charge in [-0.1, -0.05) is 56.6 Å². The molecule has 196 valence electrons. The van der Waals surface area contributed by atoms with Crippen LogP contribution in [0.15, 0.2) is 35.5 Å². The van der Waals surface area contributed by atoms with Crippen molar-refractivity contribution in [3.05, 3.63) is 35.5 Å². The molecule has 4 saturated carbocycles. The van der Waals surface area contributed by atoms with Gasteiger partial charge >= 0.3 is 0 Å². The summed E-state index contributed by atoms with van der Waals surface area (Å²) in [5.41, 5.74) is 3.94. The van der Waals surface area contributed by atoms with Crippen LogP contribution in [0.25, 0.3) is 0 Å². The van der Waals surface area contributed by atoms with Gasteiger partial charge in [-0.15, -0.1) is 0 Å². The van der Waals surface area contributed by atoms with Crippen LogP contribution in [0.1, 0.15) is 90.9 Å². The molecule has 0 aromatic carbocycles. The minimum absolute atomic E-state index is 0.182. The van der Waals surface area contributed by atoms with Gasteiger partial charge in [0, 0.05) is 13.1 Å². The lowest BCUT2D eigenvalue weighted by Gasteiger charge is -2.45. The zero-order valence-electron chi connectivity index (χ0n) is 22.3. The van der Waals surface area contributed by atoms with E-state index >= 15 is 0 Å². The maximum absolute atomic E-state index is 10.2. The highest BCUT2D eigenvalue weighted by molar-refractivity contribution is 5.29. The summed E-state index contributed by atoms with van der Waals surface area (Å²) < 4.78 is 6.26. The Morgan fingerprint density at radius 1 is 1.09 bits per heavy atom. The summed E-state index contributed by atoms with van der Waals surface area (Å²) in [5, 5.41) is 20.4. The van der Waals surface area contributed by atoms with Gasteiger partial charge in [0.2, 0.25) is 0 Å². The van der Waals surface area contributed by atoms with Gasteiger partial charge in [-0.25, -0.2) is 0 Å². The molecular formula is C31H49NO3. The lowest BCUT2D eigenvalue weighted by molar-refractivity contribution is -0.106. The van der Waals surface area contributed by atoms with Crippen molar-refractivity contribution in [2.75, 3.05) is 26.2 Å². The Labute approximate surface area is 213 Å². The number of rotatable bonds is 5. The fraction of sp³-hybridized carbons (Fsp3) is 0.806. The van der Waals surface area contributed by atoms with E-state index in [1.807, 2.05) is 0 Å². The number of aliphatic hydroxyl groups excluding tert-OH is 2. The van der Waals surface area contributed by atoms with Crippen LogP contribution in [0.5, 0.6) is 0 Å². The molecule has 0 aromatic heterocycles. The first kappa shape index (κ1) is 25.7. The van der Waals surface area contributed by atoms with Gasteiger partial charge in [-0.05, 0) is 99.5 Å². The average molecular weight is 484 g/mol. The van der Waals surface area contributed by atoms with Crippen molar-refractivity contribution in [3.63, 3.8) is 0 Å². The first-order chi connectivity index (χ1) is 16.8. The second-order valence-corrected chi connectivity index (χ2v) is 13.0. The van der Waals surface area contributed by atoms with Gasteiger partial charge in [0.1, 0.15) is 0 Å². The molecular weight excluding hydrogens is 434 g/mol. The molecule has 4 heteroatoms. The lowest BCUT2D eigenvalue weighted by atomic mass is 9.61. The molecule has 0 radical (unpaired) electrons. The van der Waals surface area contributed by atoms with Gasteiger partial charge in [-0.3, -0.25) is 4.90 Å². The van der Waals surface area contributed by atoms with Gasteiger partial charge in [0.15, 0.2) is 0 Å². The van der Waals surface area contributed by atoms with E-state index in [0.717, 1.165) is 37.1 Å². The summed E-state index contributed by atoms with van der Waals surface area (Å²) in [7, 11) is 0. The van der Waals surface area contributed by atoms with Crippen molar-refractivity contribution in [1.82, 2.24) is 4.90 Å². The topological polar surface area (TPSA) is 52.9 Å². The lowest BCUT2D eigenvalue weighted by Crippen LogP contribution is -2.50. The third kappa shape index (κ3) is 5.23. The molecule has 1 heterocycles. The zero-order valence-corrected chi connectivity index (χ0v) is 22.3. The van der Waals surface area contributed by atoms with Crippen molar-refractivity contribution in [2.24, 2.45) is 23.2 Å². The number of hydrogen-bond acceptors (Lipinski definition) is 4. The number of fused-ring (bicyclic) bond motifs is 1. The van der Waals surface area contributed by atoms with E-state index in [9.17, 15) is 10.2 Å². The Bertz CT molecular complexity index is 824. The van der Waals surface area contributed by atoms with Crippen LogP contribution in [-0.4, -0.2) is 59.2 Å². The summed E-state index contributed by atoms with van der Waals surface area (Å²) >= 11 is 0. The molecule has 5 fully saturated rings. The standard InChI is InChI=1S/C31H49NO3/c1-22(12-16-32-17-18-35-31(21-32)14-4-5-15-31)26-10-11-27-25(7-6-13-30(26,27)3)9-8-24-19-28(33)23(2)29(34)20-24/h8-9,22,26-29,33-34H,2,4-7,10-21H2,1,3H3/b25-9+/t22-,26-,27+,28-,29-,30-/m1/s1. The van der Waals surface area contributed by atoms with Gasteiger partial charge < -0.3 is 14.9 Å². The first-order valence-electron chi connectivity index (χ1n) is 14.6. The Kier molecular flexibility index (Phi) is 7.66. The summed E-state index contributed by atoms with van der Waals surface area (Å²) in [5.74, 6) is 2.27. The fourth-order valence-corrected chi connectivity index (χ4v) is 8.66. The minimum atomic E-state index is -0.605. The van der Waals surface area contributed by atoms with Gasteiger partial charge in [0.25, 0.3) is 0 Å². The zero-order chi connectivity index (χ0) is 24.6. The average Bonchev–Trinajstić information content (AvgIpc) is 3.43.